The van der Waals surface area contributed by atoms with Gasteiger partial charge in [-0.25, -0.2) is 4.98 Å². The number of nitrogen functional groups attached to an aromatic ring is 1. The van der Waals surface area contributed by atoms with Gasteiger partial charge in [0.05, 0.1) is 23.5 Å². The zero-order valence-corrected chi connectivity index (χ0v) is 12.5. The maximum atomic E-state index is 5.69. The number of nitrogens with two attached hydrogens (primary N) is 1. The smallest absolute Gasteiger partial charge is 0.143 e. The molecule has 2 N–H and O–H groups in total. The van der Waals surface area contributed by atoms with Gasteiger partial charge < -0.3 is 15.4 Å². The van der Waals surface area contributed by atoms with Crippen LogP contribution in [0.3, 0.4) is 0 Å². The third-order valence-electron chi connectivity index (χ3n) is 2.78. The van der Waals surface area contributed by atoms with Gasteiger partial charge in [-0.3, -0.25) is 0 Å². The fraction of sp³-hybridized carbons (Fsp3) is 0.214. The number of hydrogen-bond acceptors (Lipinski definition) is 4. The van der Waals surface area contributed by atoms with Gasteiger partial charge in [-0.05, 0) is 39.7 Å². The predicted molar refractivity (Wildman–Crippen MR) is 81.5 cm³/mol. The Hall–Kier alpha value is -1.75. The highest BCUT2D eigenvalue weighted by Crippen LogP contribution is 2.26. The zero-order chi connectivity index (χ0) is 13.8. The van der Waals surface area contributed by atoms with Crippen LogP contribution in [-0.2, 0) is 6.54 Å². The predicted octanol–water partition coefficient (Wildman–Crippen LogP) is 3.07. The van der Waals surface area contributed by atoms with Crippen LogP contribution in [-0.4, -0.2) is 19.1 Å². The third-order valence-corrected chi connectivity index (χ3v) is 3.37. The molecule has 0 saturated carbocycles. The number of methoxy groups -OCH3 is 1. The maximum Gasteiger partial charge on any atom is 0.143 e. The standard InChI is InChI=1S/C14H16BrN3O/c1-18(14-13(15)7-11(16)8-17-14)9-10-3-5-12(19-2)6-4-10/h3-8H,9,16H2,1-2H3. The van der Waals surface area contributed by atoms with Gasteiger partial charge in [0.15, 0.2) is 0 Å². The molecule has 0 fully saturated rings. The van der Waals surface area contributed by atoms with Crippen LogP contribution in [0.1, 0.15) is 5.56 Å². The number of anilines is 2. The van der Waals surface area contributed by atoms with E-state index in [4.69, 9.17) is 10.5 Å². The van der Waals surface area contributed by atoms with E-state index < -0.39 is 0 Å². The molecule has 0 aliphatic carbocycles. The number of benzene rings is 1. The number of hydrogen-bond donors (Lipinski definition) is 1. The summed E-state index contributed by atoms with van der Waals surface area (Å²) in [5, 5.41) is 0. The molecule has 1 heterocycles. The Morgan fingerprint density at radius 2 is 2.00 bits per heavy atom. The first kappa shape index (κ1) is 13.7. The molecule has 19 heavy (non-hydrogen) atoms. The number of aromatic nitrogens is 1. The van der Waals surface area contributed by atoms with Gasteiger partial charge in [0.25, 0.3) is 0 Å². The highest BCUT2D eigenvalue weighted by molar-refractivity contribution is 9.10. The molecule has 0 unspecified atom stereocenters. The Kier molecular flexibility index (Phi) is 4.27. The SMILES string of the molecule is COc1ccc(CN(C)c2ncc(N)cc2Br)cc1. The molecule has 0 spiro atoms. The molecule has 0 aliphatic rings. The van der Waals surface area contributed by atoms with Crippen molar-refractivity contribution in [2.24, 2.45) is 0 Å². The molecule has 2 rings (SSSR count). The molecular formula is C14H16BrN3O. The van der Waals surface area contributed by atoms with Crippen molar-refractivity contribution in [2.45, 2.75) is 6.54 Å². The molecular weight excluding hydrogens is 306 g/mol. The van der Waals surface area contributed by atoms with E-state index in [1.54, 1.807) is 13.3 Å². The van der Waals surface area contributed by atoms with Crippen molar-refractivity contribution in [1.82, 2.24) is 4.98 Å². The first-order chi connectivity index (χ1) is 9.10. The first-order valence-electron chi connectivity index (χ1n) is 5.85. The Balaban J connectivity index is 2.13. The van der Waals surface area contributed by atoms with Gasteiger partial charge in [-0.1, -0.05) is 12.1 Å². The van der Waals surface area contributed by atoms with Gasteiger partial charge in [0, 0.05) is 13.6 Å². The molecule has 0 atom stereocenters. The lowest BCUT2D eigenvalue weighted by molar-refractivity contribution is 0.414. The molecule has 0 bridgehead atoms. The minimum absolute atomic E-state index is 0.647. The van der Waals surface area contributed by atoms with Gasteiger partial charge in [-0.2, -0.15) is 0 Å². The number of halogens is 1. The van der Waals surface area contributed by atoms with Crippen LogP contribution in [0.5, 0.6) is 5.75 Å². The Bertz CT molecular complexity index is 557. The maximum absolute atomic E-state index is 5.69. The van der Waals surface area contributed by atoms with Crippen LogP contribution >= 0.6 is 15.9 Å². The number of rotatable bonds is 4. The van der Waals surface area contributed by atoms with Crippen LogP contribution in [0.15, 0.2) is 41.0 Å². The van der Waals surface area contributed by atoms with Crippen LogP contribution < -0.4 is 15.4 Å². The van der Waals surface area contributed by atoms with E-state index in [2.05, 4.69) is 25.8 Å². The fourth-order valence-electron chi connectivity index (χ4n) is 1.81. The minimum atomic E-state index is 0.647. The molecule has 2 aromatic rings. The van der Waals surface area contributed by atoms with Gasteiger partial charge in [0.1, 0.15) is 11.6 Å². The lowest BCUT2D eigenvalue weighted by atomic mass is 10.2. The monoisotopic (exact) mass is 321 g/mol. The minimum Gasteiger partial charge on any atom is -0.497 e. The van der Waals surface area contributed by atoms with Crippen molar-refractivity contribution in [2.75, 3.05) is 24.8 Å². The molecule has 0 radical (unpaired) electrons. The van der Waals surface area contributed by atoms with E-state index >= 15 is 0 Å². The van der Waals surface area contributed by atoms with E-state index in [9.17, 15) is 0 Å². The molecule has 1 aromatic heterocycles. The summed E-state index contributed by atoms with van der Waals surface area (Å²) in [7, 11) is 3.66. The van der Waals surface area contributed by atoms with E-state index in [0.717, 1.165) is 22.6 Å². The van der Waals surface area contributed by atoms with Crippen LogP contribution in [0, 0.1) is 0 Å². The molecule has 100 valence electrons. The first-order valence-corrected chi connectivity index (χ1v) is 6.64. The zero-order valence-electron chi connectivity index (χ0n) is 10.9. The number of ether oxygens (including phenoxy) is 1. The summed E-state index contributed by atoms with van der Waals surface area (Å²) in [6.07, 6.45) is 1.66. The Morgan fingerprint density at radius 1 is 1.32 bits per heavy atom. The van der Waals surface area contributed by atoms with Crippen LogP contribution in [0.4, 0.5) is 11.5 Å². The second-order valence-corrected chi connectivity index (χ2v) is 5.13. The fourth-order valence-corrected chi connectivity index (χ4v) is 2.48. The van der Waals surface area contributed by atoms with Gasteiger partial charge in [0.2, 0.25) is 0 Å². The van der Waals surface area contributed by atoms with Crippen molar-refractivity contribution in [3.05, 3.63) is 46.6 Å². The summed E-state index contributed by atoms with van der Waals surface area (Å²) in [5.74, 6) is 1.73. The molecule has 0 saturated heterocycles. The lowest BCUT2D eigenvalue weighted by Gasteiger charge is -2.19. The molecule has 4 nitrogen and oxygen atoms in total. The van der Waals surface area contributed by atoms with Crippen LogP contribution in [0.25, 0.3) is 0 Å². The summed E-state index contributed by atoms with van der Waals surface area (Å²) < 4.78 is 6.04. The molecule has 0 aliphatic heterocycles. The number of nitrogens with zero attached hydrogens (tertiary/aromatic N) is 2. The molecule has 5 heteroatoms. The van der Waals surface area contributed by atoms with Crippen LogP contribution in [0.2, 0.25) is 0 Å². The highest BCUT2D eigenvalue weighted by Gasteiger charge is 2.08. The number of pyridine rings is 1. The molecule has 1 aromatic carbocycles. The molecule has 0 amide bonds. The van der Waals surface area contributed by atoms with Crippen molar-refractivity contribution in [1.29, 1.82) is 0 Å². The lowest BCUT2D eigenvalue weighted by Crippen LogP contribution is -2.18. The normalized spacial score (nSPS) is 10.3. The highest BCUT2D eigenvalue weighted by atomic mass is 79.9. The van der Waals surface area contributed by atoms with Gasteiger partial charge >= 0.3 is 0 Å². The largest absolute Gasteiger partial charge is 0.497 e. The van der Waals surface area contributed by atoms with Crippen molar-refractivity contribution >= 4 is 27.4 Å². The topological polar surface area (TPSA) is 51.4 Å². The summed E-state index contributed by atoms with van der Waals surface area (Å²) in [6.45, 7) is 0.763. The average molecular weight is 322 g/mol. The van der Waals surface area contributed by atoms with Crippen molar-refractivity contribution < 1.29 is 4.74 Å². The summed E-state index contributed by atoms with van der Waals surface area (Å²) in [6, 6.07) is 9.84. The average Bonchev–Trinajstić information content (AvgIpc) is 2.39. The summed E-state index contributed by atoms with van der Waals surface area (Å²) >= 11 is 3.48. The van der Waals surface area contributed by atoms with Crippen molar-refractivity contribution in [3.8, 4) is 5.75 Å². The Labute approximate surface area is 121 Å². The Morgan fingerprint density at radius 3 is 2.58 bits per heavy atom. The van der Waals surface area contributed by atoms with E-state index in [1.807, 2.05) is 37.4 Å². The van der Waals surface area contributed by atoms with Crippen molar-refractivity contribution in [3.63, 3.8) is 0 Å². The summed E-state index contributed by atoms with van der Waals surface area (Å²) in [4.78, 5) is 6.40. The third kappa shape index (κ3) is 3.38. The van der Waals surface area contributed by atoms with E-state index in [-0.39, 0.29) is 0 Å². The second kappa shape index (κ2) is 5.93. The van der Waals surface area contributed by atoms with Gasteiger partial charge in [-0.15, -0.1) is 0 Å². The second-order valence-electron chi connectivity index (χ2n) is 4.28. The quantitative estimate of drug-likeness (QED) is 0.940. The van der Waals surface area contributed by atoms with E-state index in [1.165, 1.54) is 5.56 Å². The summed E-state index contributed by atoms with van der Waals surface area (Å²) in [5.41, 5.74) is 7.52. The van der Waals surface area contributed by atoms with E-state index in [0.29, 0.717) is 5.69 Å².